The zero-order chi connectivity index (χ0) is 52.0. The Hall–Kier alpha value is -8.98. The first-order valence-corrected chi connectivity index (χ1v) is 27.2. The molecule has 0 fully saturated rings. The Bertz CT molecular complexity index is 4190. The van der Waals surface area contributed by atoms with E-state index in [2.05, 4.69) is 260 Å². The monoisotopic (exact) mass is 984 g/mol. The fraction of sp³-hybridized carbons (Fsp3) is 0.120. The quantitative estimate of drug-likeness (QED) is 0.166. The number of hydrogen-bond acceptors (Lipinski definition) is 2. The van der Waals surface area contributed by atoms with Crippen molar-refractivity contribution in [2.75, 3.05) is 0 Å². The van der Waals surface area contributed by atoms with Gasteiger partial charge in [0.25, 0.3) is 0 Å². The standard InChI is InChI=1S/C75H56N2/c1-73(2)65-39-49(47-15-11-17-55(37-47)71-57-19-9-7-13-45(57)33-35-76-71)21-27-59(65)61-29-23-51(41-67(61)73)53-25-31-63-64-32-26-54(44-70(64)75(5,6)69(63)43-53)52-24-30-62-60-28-22-50(40-66(60)74(3,4)68(62)42-52)48-16-12-18-56(38-48)72-58-20-10-8-14-46(58)34-36-77-72/h7-44H,1-6H3. The molecule has 0 saturated heterocycles. The molecule has 0 bridgehead atoms. The predicted molar refractivity (Wildman–Crippen MR) is 322 cm³/mol. The van der Waals surface area contributed by atoms with Crippen molar-refractivity contribution in [3.8, 4) is 100 Å². The lowest BCUT2D eigenvalue weighted by atomic mass is 9.79. The van der Waals surface area contributed by atoms with Gasteiger partial charge in [-0.3, -0.25) is 9.97 Å². The summed E-state index contributed by atoms with van der Waals surface area (Å²) in [6.07, 6.45) is 3.84. The third-order valence-electron chi connectivity index (χ3n) is 18.0. The number of benzene rings is 10. The summed E-state index contributed by atoms with van der Waals surface area (Å²) < 4.78 is 0. The highest BCUT2D eigenvalue weighted by atomic mass is 14.7. The summed E-state index contributed by atoms with van der Waals surface area (Å²) in [6, 6.07) is 81.8. The van der Waals surface area contributed by atoms with Crippen LogP contribution in [0.2, 0.25) is 0 Å². The Balaban J connectivity index is 0.704. The topological polar surface area (TPSA) is 25.8 Å². The van der Waals surface area contributed by atoms with Crippen LogP contribution < -0.4 is 0 Å². The van der Waals surface area contributed by atoms with Crippen LogP contribution in [0.1, 0.15) is 74.9 Å². The summed E-state index contributed by atoms with van der Waals surface area (Å²) in [5.74, 6) is 0. The molecular formula is C75H56N2. The van der Waals surface area contributed by atoms with Crippen molar-refractivity contribution in [3.05, 3.63) is 264 Å². The molecule has 12 aromatic rings. The van der Waals surface area contributed by atoms with Crippen LogP contribution in [0.3, 0.4) is 0 Å². The maximum atomic E-state index is 4.84. The highest BCUT2D eigenvalue weighted by Gasteiger charge is 2.39. The molecule has 0 amide bonds. The summed E-state index contributed by atoms with van der Waals surface area (Å²) in [5.41, 5.74) is 29.9. The van der Waals surface area contributed by atoms with Crippen LogP contribution in [0.5, 0.6) is 0 Å². The highest BCUT2D eigenvalue weighted by molar-refractivity contribution is 5.97. The molecule has 2 aromatic heterocycles. The summed E-state index contributed by atoms with van der Waals surface area (Å²) in [5, 5.41) is 4.75. The molecule has 0 saturated carbocycles. The molecule has 0 aliphatic heterocycles. The molecule has 3 aliphatic carbocycles. The zero-order valence-corrected chi connectivity index (χ0v) is 44.3. The maximum Gasteiger partial charge on any atom is 0.0780 e. The molecule has 77 heavy (non-hydrogen) atoms. The number of hydrogen-bond donors (Lipinski definition) is 0. The van der Waals surface area contributed by atoms with Gasteiger partial charge in [0.15, 0.2) is 0 Å². The molecule has 366 valence electrons. The minimum Gasteiger partial charge on any atom is -0.256 e. The second-order valence-corrected chi connectivity index (χ2v) is 23.4. The Morgan fingerprint density at radius 1 is 0.234 bits per heavy atom. The van der Waals surface area contributed by atoms with E-state index in [4.69, 9.17) is 9.97 Å². The third kappa shape index (κ3) is 6.87. The van der Waals surface area contributed by atoms with Crippen molar-refractivity contribution >= 4 is 21.5 Å². The van der Waals surface area contributed by atoms with Crippen molar-refractivity contribution in [3.63, 3.8) is 0 Å². The van der Waals surface area contributed by atoms with E-state index in [0.29, 0.717) is 0 Å². The first kappa shape index (κ1) is 45.4. The van der Waals surface area contributed by atoms with E-state index in [1.807, 2.05) is 12.4 Å². The molecule has 2 heteroatoms. The van der Waals surface area contributed by atoms with Crippen LogP contribution >= 0.6 is 0 Å². The summed E-state index contributed by atoms with van der Waals surface area (Å²) in [7, 11) is 0. The van der Waals surface area contributed by atoms with Crippen molar-refractivity contribution in [2.45, 2.75) is 57.8 Å². The average molecular weight is 985 g/mol. The van der Waals surface area contributed by atoms with E-state index < -0.39 is 0 Å². The van der Waals surface area contributed by atoms with Crippen LogP contribution in [-0.2, 0) is 16.2 Å². The van der Waals surface area contributed by atoms with Gasteiger partial charge in [-0.15, -0.1) is 0 Å². The Morgan fingerprint density at radius 3 is 0.792 bits per heavy atom. The fourth-order valence-electron chi connectivity index (χ4n) is 13.7. The molecule has 10 aromatic carbocycles. The van der Waals surface area contributed by atoms with Crippen molar-refractivity contribution in [1.29, 1.82) is 0 Å². The van der Waals surface area contributed by atoms with Crippen LogP contribution in [0, 0.1) is 0 Å². The van der Waals surface area contributed by atoms with Crippen LogP contribution in [0.15, 0.2) is 231 Å². The van der Waals surface area contributed by atoms with Gasteiger partial charge in [-0.2, -0.15) is 0 Å². The van der Waals surface area contributed by atoms with Gasteiger partial charge in [0, 0.05) is 50.5 Å². The van der Waals surface area contributed by atoms with Gasteiger partial charge >= 0.3 is 0 Å². The normalized spacial score (nSPS) is 14.7. The van der Waals surface area contributed by atoms with E-state index in [9.17, 15) is 0 Å². The van der Waals surface area contributed by atoms with Gasteiger partial charge < -0.3 is 0 Å². The SMILES string of the molecule is CC1(C)c2cc(-c3cccc(-c4nccc5ccccc45)c3)ccc2-c2ccc(-c3ccc4c(c3)C(C)(C)c3cc(-c5ccc6c(c5)C(C)(C)c5cc(-c7cccc(-c8nccc9ccccc89)c7)ccc5-6)ccc3-4)cc21. The van der Waals surface area contributed by atoms with E-state index in [-0.39, 0.29) is 16.2 Å². The van der Waals surface area contributed by atoms with Crippen molar-refractivity contribution in [1.82, 2.24) is 9.97 Å². The Kier molecular flexibility index (Phi) is 9.74. The zero-order valence-electron chi connectivity index (χ0n) is 44.3. The van der Waals surface area contributed by atoms with Crippen LogP contribution in [0.25, 0.3) is 122 Å². The van der Waals surface area contributed by atoms with Crippen LogP contribution in [0.4, 0.5) is 0 Å². The minimum absolute atomic E-state index is 0.170. The number of nitrogens with zero attached hydrogens (tertiary/aromatic N) is 2. The van der Waals surface area contributed by atoms with E-state index in [1.165, 1.54) is 133 Å². The molecule has 2 heterocycles. The van der Waals surface area contributed by atoms with Gasteiger partial charge in [0.1, 0.15) is 0 Å². The third-order valence-corrected chi connectivity index (χ3v) is 18.0. The molecule has 0 radical (unpaired) electrons. The molecular weight excluding hydrogens is 929 g/mol. The molecule has 2 nitrogen and oxygen atoms in total. The Morgan fingerprint density at radius 2 is 0.494 bits per heavy atom. The fourth-order valence-corrected chi connectivity index (χ4v) is 13.7. The number of pyridine rings is 2. The van der Waals surface area contributed by atoms with E-state index in [1.54, 1.807) is 0 Å². The molecule has 15 rings (SSSR count). The number of rotatable bonds is 6. The van der Waals surface area contributed by atoms with Crippen molar-refractivity contribution < 1.29 is 0 Å². The first-order chi connectivity index (χ1) is 37.4. The molecule has 0 spiro atoms. The largest absolute Gasteiger partial charge is 0.256 e. The van der Waals surface area contributed by atoms with Gasteiger partial charge in [-0.05, 0) is 183 Å². The second kappa shape index (κ2) is 16.5. The lowest BCUT2D eigenvalue weighted by Crippen LogP contribution is -2.16. The lowest BCUT2D eigenvalue weighted by molar-refractivity contribution is 0.659. The lowest BCUT2D eigenvalue weighted by Gasteiger charge is -2.24. The molecule has 0 unspecified atom stereocenters. The van der Waals surface area contributed by atoms with E-state index in [0.717, 1.165) is 22.5 Å². The number of fused-ring (bicyclic) bond motifs is 11. The first-order valence-electron chi connectivity index (χ1n) is 27.2. The predicted octanol–water partition coefficient (Wildman–Crippen LogP) is 19.7. The minimum atomic E-state index is -0.177. The maximum absolute atomic E-state index is 4.84. The van der Waals surface area contributed by atoms with Crippen LogP contribution in [-0.4, -0.2) is 9.97 Å². The average Bonchev–Trinajstić information content (AvgIpc) is 4.15. The summed E-state index contributed by atoms with van der Waals surface area (Å²) in [4.78, 5) is 9.69. The van der Waals surface area contributed by atoms with Crippen molar-refractivity contribution in [2.24, 2.45) is 0 Å². The van der Waals surface area contributed by atoms with Gasteiger partial charge in [0.05, 0.1) is 11.4 Å². The second-order valence-electron chi connectivity index (χ2n) is 23.4. The Labute approximate surface area is 451 Å². The molecule has 0 atom stereocenters. The highest BCUT2D eigenvalue weighted by Crippen LogP contribution is 2.55. The van der Waals surface area contributed by atoms with Gasteiger partial charge in [-0.1, -0.05) is 199 Å². The number of aromatic nitrogens is 2. The molecule has 3 aliphatic rings. The smallest absolute Gasteiger partial charge is 0.0780 e. The van der Waals surface area contributed by atoms with E-state index >= 15 is 0 Å². The van der Waals surface area contributed by atoms with Gasteiger partial charge in [-0.25, -0.2) is 0 Å². The van der Waals surface area contributed by atoms with Gasteiger partial charge in [0.2, 0.25) is 0 Å². The molecule has 0 N–H and O–H groups in total. The summed E-state index contributed by atoms with van der Waals surface area (Å²) >= 11 is 0. The summed E-state index contributed by atoms with van der Waals surface area (Å²) in [6.45, 7) is 14.4.